The van der Waals surface area contributed by atoms with Crippen LogP contribution < -0.4 is 0 Å². The standard InChI is InChI=1S/C8H8Cl3N3O/c1-14(2)5(15)3-4-12-7(10)6(9)8(11)13-4/h3H2,1-2H3. The molecule has 0 radical (unpaired) electrons. The Morgan fingerprint density at radius 3 is 2.07 bits per heavy atom. The van der Waals surface area contributed by atoms with E-state index in [0.717, 1.165) is 0 Å². The summed E-state index contributed by atoms with van der Waals surface area (Å²) in [4.78, 5) is 20.5. The molecule has 0 saturated carbocycles. The van der Waals surface area contributed by atoms with Gasteiger partial charge in [-0.1, -0.05) is 34.8 Å². The molecule has 0 aromatic carbocycles. The van der Waals surface area contributed by atoms with Crippen LogP contribution in [0.5, 0.6) is 0 Å². The second-order valence-electron chi connectivity index (χ2n) is 3.00. The first-order valence-corrected chi connectivity index (χ1v) is 5.12. The number of halogens is 3. The molecule has 15 heavy (non-hydrogen) atoms. The van der Waals surface area contributed by atoms with Crippen molar-refractivity contribution in [1.29, 1.82) is 0 Å². The maximum Gasteiger partial charge on any atom is 0.229 e. The summed E-state index contributed by atoms with van der Waals surface area (Å²) >= 11 is 17.0. The molecule has 1 heterocycles. The fourth-order valence-electron chi connectivity index (χ4n) is 0.807. The van der Waals surface area contributed by atoms with E-state index in [1.165, 1.54) is 4.90 Å². The minimum absolute atomic E-state index is 0.0452. The minimum atomic E-state index is -0.135. The van der Waals surface area contributed by atoms with E-state index in [2.05, 4.69) is 9.97 Å². The molecule has 0 spiro atoms. The van der Waals surface area contributed by atoms with Crippen molar-refractivity contribution in [3.8, 4) is 0 Å². The summed E-state index contributed by atoms with van der Waals surface area (Å²) in [5.41, 5.74) is 0. The second kappa shape index (κ2) is 4.96. The van der Waals surface area contributed by atoms with Gasteiger partial charge in [0.25, 0.3) is 0 Å². The van der Waals surface area contributed by atoms with Gasteiger partial charge < -0.3 is 4.90 Å². The Kier molecular flexibility index (Phi) is 4.13. The fourth-order valence-corrected chi connectivity index (χ4v) is 1.31. The summed E-state index contributed by atoms with van der Waals surface area (Å²) in [6, 6.07) is 0. The average molecular weight is 269 g/mol. The lowest BCUT2D eigenvalue weighted by Gasteiger charge is -2.09. The van der Waals surface area contributed by atoms with E-state index in [-0.39, 0.29) is 33.5 Å². The molecule has 1 aromatic rings. The van der Waals surface area contributed by atoms with E-state index in [1.807, 2.05) is 0 Å². The molecule has 0 aliphatic rings. The van der Waals surface area contributed by atoms with Gasteiger partial charge in [-0.15, -0.1) is 0 Å². The van der Waals surface area contributed by atoms with Crippen LogP contribution in [0.2, 0.25) is 15.3 Å². The maximum atomic E-state index is 11.3. The molecule has 0 fully saturated rings. The van der Waals surface area contributed by atoms with Gasteiger partial charge >= 0.3 is 0 Å². The number of rotatable bonds is 2. The molecule has 0 N–H and O–H groups in total. The molecule has 0 bridgehead atoms. The van der Waals surface area contributed by atoms with Crippen molar-refractivity contribution in [2.75, 3.05) is 14.1 Å². The van der Waals surface area contributed by atoms with Crippen molar-refractivity contribution in [3.63, 3.8) is 0 Å². The molecule has 0 aliphatic carbocycles. The van der Waals surface area contributed by atoms with Gasteiger partial charge in [-0.3, -0.25) is 4.79 Å². The van der Waals surface area contributed by atoms with Gasteiger partial charge in [0, 0.05) is 14.1 Å². The van der Waals surface area contributed by atoms with Crippen LogP contribution >= 0.6 is 34.8 Å². The second-order valence-corrected chi connectivity index (χ2v) is 4.09. The number of carbonyl (C=O) groups excluding carboxylic acids is 1. The van der Waals surface area contributed by atoms with Crippen molar-refractivity contribution in [1.82, 2.24) is 14.9 Å². The quantitative estimate of drug-likeness (QED) is 0.771. The molecule has 0 unspecified atom stereocenters. The van der Waals surface area contributed by atoms with Crippen LogP contribution in [0.15, 0.2) is 0 Å². The van der Waals surface area contributed by atoms with Crippen molar-refractivity contribution in [3.05, 3.63) is 21.2 Å². The lowest BCUT2D eigenvalue weighted by molar-refractivity contribution is -0.128. The van der Waals surface area contributed by atoms with Crippen LogP contribution in [-0.4, -0.2) is 34.9 Å². The van der Waals surface area contributed by atoms with Gasteiger partial charge in [-0.2, -0.15) is 0 Å². The number of likely N-dealkylation sites (N-methyl/N-ethyl adjacent to an activating group) is 1. The van der Waals surface area contributed by atoms with Gasteiger partial charge in [0.15, 0.2) is 10.3 Å². The van der Waals surface area contributed by atoms with Crippen LogP contribution in [0.25, 0.3) is 0 Å². The first kappa shape index (κ1) is 12.5. The van der Waals surface area contributed by atoms with E-state index in [9.17, 15) is 4.79 Å². The zero-order chi connectivity index (χ0) is 11.6. The number of hydrogen-bond donors (Lipinski definition) is 0. The molecule has 4 nitrogen and oxygen atoms in total. The number of aromatic nitrogens is 2. The highest BCUT2D eigenvalue weighted by Gasteiger charge is 2.13. The Labute approximate surface area is 102 Å². The Morgan fingerprint density at radius 2 is 1.67 bits per heavy atom. The Bertz CT molecular complexity index is 372. The molecule has 1 rings (SSSR count). The molecule has 0 saturated heterocycles. The maximum absolute atomic E-state index is 11.3. The highest BCUT2D eigenvalue weighted by molar-refractivity contribution is 6.46. The van der Waals surface area contributed by atoms with E-state index < -0.39 is 0 Å². The van der Waals surface area contributed by atoms with E-state index in [4.69, 9.17) is 34.8 Å². The van der Waals surface area contributed by atoms with Crippen molar-refractivity contribution in [2.24, 2.45) is 0 Å². The summed E-state index contributed by atoms with van der Waals surface area (Å²) in [5.74, 6) is 0.123. The van der Waals surface area contributed by atoms with Gasteiger partial charge in [0.05, 0.1) is 6.42 Å². The van der Waals surface area contributed by atoms with Crippen molar-refractivity contribution < 1.29 is 4.79 Å². The Balaban J connectivity index is 2.93. The molecule has 7 heteroatoms. The monoisotopic (exact) mass is 267 g/mol. The predicted molar refractivity (Wildman–Crippen MR) is 59.5 cm³/mol. The summed E-state index contributed by atoms with van der Waals surface area (Å²) in [6.07, 6.45) is 0.0452. The molecular weight excluding hydrogens is 260 g/mol. The van der Waals surface area contributed by atoms with Crippen molar-refractivity contribution >= 4 is 40.7 Å². The molecule has 0 atom stereocenters. The van der Waals surface area contributed by atoms with E-state index >= 15 is 0 Å². The van der Waals surface area contributed by atoms with Gasteiger partial charge in [-0.05, 0) is 0 Å². The summed E-state index contributed by atoms with van der Waals surface area (Å²) in [6.45, 7) is 0. The van der Waals surface area contributed by atoms with Crippen LogP contribution in [0.1, 0.15) is 5.82 Å². The largest absolute Gasteiger partial charge is 0.348 e. The highest BCUT2D eigenvalue weighted by Crippen LogP contribution is 2.26. The topological polar surface area (TPSA) is 46.1 Å². The van der Waals surface area contributed by atoms with Crippen LogP contribution in [0, 0.1) is 0 Å². The Hall–Kier alpha value is -0.580. The third-order valence-electron chi connectivity index (χ3n) is 1.62. The van der Waals surface area contributed by atoms with Gasteiger partial charge in [0.2, 0.25) is 5.91 Å². The zero-order valence-electron chi connectivity index (χ0n) is 8.09. The molecule has 82 valence electrons. The van der Waals surface area contributed by atoms with Crippen LogP contribution in [-0.2, 0) is 11.2 Å². The van der Waals surface area contributed by atoms with Crippen LogP contribution in [0.4, 0.5) is 0 Å². The van der Waals surface area contributed by atoms with E-state index in [1.54, 1.807) is 14.1 Å². The number of nitrogens with zero attached hydrogens (tertiary/aromatic N) is 3. The predicted octanol–water partition coefficient (Wildman–Crippen LogP) is 2.07. The third-order valence-corrected chi connectivity index (χ3v) is 2.72. The smallest absolute Gasteiger partial charge is 0.229 e. The van der Waals surface area contributed by atoms with Crippen LogP contribution in [0.3, 0.4) is 0 Å². The first-order chi connectivity index (χ1) is 6.91. The lowest BCUT2D eigenvalue weighted by atomic mass is 10.3. The van der Waals surface area contributed by atoms with Crippen molar-refractivity contribution in [2.45, 2.75) is 6.42 Å². The number of carbonyl (C=O) groups is 1. The minimum Gasteiger partial charge on any atom is -0.348 e. The average Bonchev–Trinajstić information content (AvgIpc) is 2.13. The SMILES string of the molecule is CN(C)C(=O)Cc1nc(Cl)c(Cl)c(Cl)n1. The fraction of sp³-hybridized carbons (Fsp3) is 0.375. The van der Waals surface area contributed by atoms with Gasteiger partial charge in [0.1, 0.15) is 10.8 Å². The number of hydrogen-bond acceptors (Lipinski definition) is 3. The lowest BCUT2D eigenvalue weighted by Crippen LogP contribution is -2.24. The Morgan fingerprint density at radius 1 is 1.20 bits per heavy atom. The first-order valence-electron chi connectivity index (χ1n) is 3.99. The summed E-state index contributed by atoms with van der Waals surface area (Å²) < 4.78 is 0. The summed E-state index contributed by atoms with van der Waals surface area (Å²) in [5, 5.41) is 0.204. The zero-order valence-corrected chi connectivity index (χ0v) is 10.4. The molecule has 1 aromatic heterocycles. The van der Waals surface area contributed by atoms with E-state index in [0.29, 0.717) is 0 Å². The van der Waals surface area contributed by atoms with Gasteiger partial charge in [-0.25, -0.2) is 9.97 Å². The normalized spacial score (nSPS) is 10.2. The summed E-state index contributed by atoms with van der Waals surface area (Å²) in [7, 11) is 3.28. The molecule has 0 aliphatic heterocycles. The number of amides is 1. The highest BCUT2D eigenvalue weighted by atomic mass is 35.5. The third kappa shape index (κ3) is 3.19. The molecular formula is C8H8Cl3N3O. The molecule has 1 amide bonds.